The molecule has 0 fully saturated rings. The zero-order chi connectivity index (χ0) is 22.0. The van der Waals surface area contributed by atoms with Crippen molar-refractivity contribution in [1.29, 1.82) is 0 Å². The van der Waals surface area contributed by atoms with Crippen molar-refractivity contribution >= 4 is 23.1 Å². The molecule has 0 saturated heterocycles. The molecule has 0 spiro atoms. The van der Waals surface area contributed by atoms with Crippen molar-refractivity contribution in [3.8, 4) is 5.75 Å². The average Bonchev–Trinajstić information content (AvgIpc) is 2.77. The molecular formula is C25H26ClN3O2. The predicted octanol–water partition coefficient (Wildman–Crippen LogP) is 5.39. The van der Waals surface area contributed by atoms with E-state index in [0.29, 0.717) is 23.7 Å². The summed E-state index contributed by atoms with van der Waals surface area (Å²) in [6, 6.07) is 19.8. The quantitative estimate of drug-likeness (QED) is 0.564. The maximum atomic E-state index is 10.4. The summed E-state index contributed by atoms with van der Waals surface area (Å²) in [5, 5.41) is 11.1. The largest absolute Gasteiger partial charge is 0.495 e. The van der Waals surface area contributed by atoms with Gasteiger partial charge < -0.3 is 14.7 Å². The molecule has 0 unspecified atom stereocenters. The molecule has 2 aromatic carbocycles. The molecule has 3 aromatic rings. The fraction of sp³-hybridized carbons (Fsp3) is 0.280. The standard InChI is InChI=1S/C25H26ClN3O2/c1-25(2,30)13-14-29-23(17-7-5-4-6-8-17)20-15-18(26)9-11-21(20)28-24(29)22-12-10-19(31-3)16-27-22/h4-12,15-16,23,30H,13-14H2,1-3H3/t23-/m0/s1. The Morgan fingerprint density at radius 3 is 2.52 bits per heavy atom. The second kappa shape index (κ2) is 8.69. The molecule has 31 heavy (non-hydrogen) atoms. The van der Waals surface area contributed by atoms with Crippen LogP contribution in [0.5, 0.6) is 5.75 Å². The zero-order valence-corrected chi connectivity index (χ0v) is 18.7. The van der Waals surface area contributed by atoms with Gasteiger partial charge in [0.25, 0.3) is 0 Å². The highest BCUT2D eigenvalue weighted by Crippen LogP contribution is 2.41. The lowest BCUT2D eigenvalue weighted by Gasteiger charge is -2.39. The van der Waals surface area contributed by atoms with Crippen LogP contribution in [-0.2, 0) is 0 Å². The number of rotatable bonds is 6. The van der Waals surface area contributed by atoms with Crippen molar-refractivity contribution in [2.24, 2.45) is 4.99 Å². The Bertz CT molecular complexity index is 1080. The third kappa shape index (κ3) is 4.73. The molecule has 0 amide bonds. The van der Waals surface area contributed by atoms with E-state index in [1.54, 1.807) is 13.3 Å². The predicted molar refractivity (Wildman–Crippen MR) is 124 cm³/mol. The topological polar surface area (TPSA) is 58.0 Å². The van der Waals surface area contributed by atoms with Crippen LogP contribution in [0.25, 0.3) is 0 Å². The maximum absolute atomic E-state index is 10.4. The normalized spacial score (nSPS) is 16.0. The van der Waals surface area contributed by atoms with Gasteiger partial charge in [-0.3, -0.25) is 0 Å². The molecule has 4 rings (SSSR count). The Labute approximate surface area is 188 Å². The second-order valence-corrected chi connectivity index (χ2v) is 8.73. The van der Waals surface area contributed by atoms with Gasteiger partial charge in [0, 0.05) is 17.1 Å². The van der Waals surface area contributed by atoms with E-state index in [1.165, 1.54) is 0 Å². The van der Waals surface area contributed by atoms with Gasteiger partial charge in [0.15, 0.2) is 5.84 Å². The summed E-state index contributed by atoms with van der Waals surface area (Å²) >= 11 is 6.38. The van der Waals surface area contributed by atoms with Crippen LogP contribution in [0.3, 0.4) is 0 Å². The fourth-order valence-corrected chi connectivity index (χ4v) is 3.96. The summed E-state index contributed by atoms with van der Waals surface area (Å²) in [5.74, 6) is 1.45. The van der Waals surface area contributed by atoms with E-state index in [4.69, 9.17) is 21.3 Å². The number of pyridine rings is 1. The van der Waals surface area contributed by atoms with Crippen molar-refractivity contribution in [1.82, 2.24) is 9.88 Å². The van der Waals surface area contributed by atoms with E-state index in [9.17, 15) is 5.11 Å². The number of nitrogens with zero attached hydrogens (tertiary/aromatic N) is 3. The van der Waals surface area contributed by atoms with Gasteiger partial charge in [-0.1, -0.05) is 41.9 Å². The summed E-state index contributed by atoms with van der Waals surface area (Å²) in [5.41, 5.74) is 2.96. The van der Waals surface area contributed by atoms with Gasteiger partial charge in [0.05, 0.1) is 30.6 Å². The number of methoxy groups -OCH3 is 1. The number of aliphatic imine (C=N–C) groups is 1. The van der Waals surface area contributed by atoms with Gasteiger partial charge >= 0.3 is 0 Å². The lowest BCUT2D eigenvalue weighted by atomic mass is 9.92. The number of ether oxygens (including phenoxy) is 1. The number of aromatic nitrogens is 1. The van der Waals surface area contributed by atoms with Crippen molar-refractivity contribution in [2.45, 2.75) is 31.9 Å². The minimum Gasteiger partial charge on any atom is -0.495 e. The molecule has 1 aromatic heterocycles. The smallest absolute Gasteiger partial charge is 0.156 e. The van der Waals surface area contributed by atoms with Crippen LogP contribution < -0.4 is 4.74 Å². The Balaban J connectivity index is 1.88. The first kappa shape index (κ1) is 21.3. The molecule has 160 valence electrons. The first-order valence-corrected chi connectivity index (χ1v) is 10.7. The number of halogens is 1. The first-order valence-electron chi connectivity index (χ1n) is 10.3. The molecule has 1 aliphatic rings. The molecule has 0 aliphatic carbocycles. The summed E-state index contributed by atoms with van der Waals surface area (Å²) in [7, 11) is 1.62. The number of benzene rings is 2. The third-order valence-corrected chi connectivity index (χ3v) is 5.61. The Morgan fingerprint density at radius 2 is 1.87 bits per heavy atom. The molecule has 2 heterocycles. The first-order chi connectivity index (χ1) is 14.9. The molecule has 6 heteroatoms. The third-order valence-electron chi connectivity index (χ3n) is 5.38. The molecule has 0 bridgehead atoms. The van der Waals surface area contributed by atoms with Gasteiger partial charge in [-0.05, 0) is 56.2 Å². The number of hydrogen-bond donors (Lipinski definition) is 1. The number of amidine groups is 1. The van der Waals surface area contributed by atoms with Crippen LogP contribution in [0, 0.1) is 0 Å². The summed E-state index contributed by atoms with van der Waals surface area (Å²) in [6.07, 6.45) is 2.27. The molecule has 0 radical (unpaired) electrons. The van der Waals surface area contributed by atoms with Crippen molar-refractivity contribution in [3.05, 3.63) is 88.7 Å². The zero-order valence-electron chi connectivity index (χ0n) is 17.9. The van der Waals surface area contributed by atoms with E-state index in [2.05, 4.69) is 22.0 Å². The van der Waals surface area contributed by atoms with E-state index < -0.39 is 5.60 Å². The monoisotopic (exact) mass is 435 g/mol. The summed E-state index contributed by atoms with van der Waals surface area (Å²) in [6.45, 7) is 4.24. The van der Waals surface area contributed by atoms with Crippen molar-refractivity contribution < 1.29 is 9.84 Å². The minimum atomic E-state index is -0.811. The highest BCUT2D eigenvalue weighted by Gasteiger charge is 2.33. The van der Waals surface area contributed by atoms with E-state index >= 15 is 0 Å². The molecule has 5 nitrogen and oxygen atoms in total. The van der Waals surface area contributed by atoms with Crippen LogP contribution in [0.15, 0.2) is 71.9 Å². The molecule has 1 atom stereocenters. The van der Waals surface area contributed by atoms with Crippen molar-refractivity contribution in [2.75, 3.05) is 13.7 Å². The van der Waals surface area contributed by atoms with E-state index in [1.807, 2.05) is 62.4 Å². The summed E-state index contributed by atoms with van der Waals surface area (Å²) in [4.78, 5) is 11.8. The van der Waals surface area contributed by atoms with Crippen LogP contribution in [0.1, 0.15) is 43.1 Å². The van der Waals surface area contributed by atoms with Gasteiger partial charge in [0.2, 0.25) is 0 Å². The van der Waals surface area contributed by atoms with Crippen LogP contribution in [0.4, 0.5) is 5.69 Å². The Morgan fingerprint density at radius 1 is 1.10 bits per heavy atom. The van der Waals surface area contributed by atoms with Gasteiger partial charge in [0.1, 0.15) is 11.4 Å². The van der Waals surface area contributed by atoms with Crippen LogP contribution in [0.2, 0.25) is 5.02 Å². The van der Waals surface area contributed by atoms with Gasteiger partial charge in [-0.15, -0.1) is 0 Å². The highest BCUT2D eigenvalue weighted by molar-refractivity contribution is 6.30. The average molecular weight is 436 g/mol. The molecule has 1 aliphatic heterocycles. The second-order valence-electron chi connectivity index (χ2n) is 8.29. The lowest BCUT2D eigenvalue weighted by Crippen LogP contribution is -2.41. The van der Waals surface area contributed by atoms with Crippen LogP contribution in [-0.4, -0.2) is 40.1 Å². The number of hydrogen-bond acceptors (Lipinski definition) is 5. The minimum absolute atomic E-state index is 0.103. The Kier molecular flexibility index (Phi) is 5.99. The van der Waals surface area contributed by atoms with E-state index in [-0.39, 0.29) is 6.04 Å². The van der Waals surface area contributed by atoms with Gasteiger partial charge in [-0.2, -0.15) is 0 Å². The number of aliphatic hydroxyl groups is 1. The SMILES string of the molecule is COc1ccc(C2=Nc3ccc(Cl)cc3[C@H](c3ccccc3)N2CCC(C)(C)O)nc1. The van der Waals surface area contributed by atoms with Gasteiger partial charge in [-0.25, -0.2) is 9.98 Å². The maximum Gasteiger partial charge on any atom is 0.156 e. The number of fused-ring (bicyclic) bond motifs is 1. The molecular weight excluding hydrogens is 410 g/mol. The van der Waals surface area contributed by atoms with Crippen LogP contribution >= 0.6 is 11.6 Å². The van der Waals surface area contributed by atoms with Crippen molar-refractivity contribution in [3.63, 3.8) is 0 Å². The van der Waals surface area contributed by atoms with E-state index in [0.717, 1.165) is 28.3 Å². The molecule has 0 saturated carbocycles. The lowest BCUT2D eigenvalue weighted by molar-refractivity contribution is 0.0624. The molecule has 1 N–H and O–H groups in total. The highest BCUT2D eigenvalue weighted by atomic mass is 35.5. The fourth-order valence-electron chi connectivity index (χ4n) is 3.78. The summed E-state index contributed by atoms with van der Waals surface area (Å²) < 4.78 is 5.27. The Hall–Kier alpha value is -2.89.